The first kappa shape index (κ1) is 20.8. The number of phosphoric acid groups is 1. The molecule has 0 aromatic carbocycles. The zero-order chi connectivity index (χ0) is 20.7. The monoisotopic (exact) mass is 425 g/mol. The molecule has 1 aromatic heterocycles. The number of carboxylic acid groups (broad SMARTS) is 1. The van der Waals surface area contributed by atoms with Crippen molar-refractivity contribution in [2.75, 3.05) is 18.9 Å². The molecule has 28 heavy (non-hydrogen) atoms. The molecule has 156 valence electrons. The predicted octanol–water partition coefficient (Wildman–Crippen LogP) is 1.01. The third kappa shape index (κ3) is 3.94. The number of nitrogens with two attached hydrogens (primary N) is 1. The van der Waals surface area contributed by atoms with Crippen LogP contribution in [0.5, 0.6) is 0 Å². The highest BCUT2D eigenvalue weighted by atomic mass is 31.2. The van der Waals surface area contributed by atoms with Crippen molar-refractivity contribution in [1.29, 1.82) is 0 Å². The molecule has 1 aromatic rings. The number of hydrogen-bond donors (Lipinski definition) is 2. The molecule has 14 heteroatoms. The van der Waals surface area contributed by atoms with E-state index in [0.29, 0.717) is 4.57 Å². The Labute approximate surface area is 157 Å². The Morgan fingerprint density at radius 1 is 1.61 bits per heavy atom. The fourth-order valence-corrected chi connectivity index (χ4v) is 4.11. The van der Waals surface area contributed by atoms with Gasteiger partial charge in [-0.25, -0.2) is 9.36 Å². The molecule has 0 spiro atoms. The van der Waals surface area contributed by atoms with Crippen molar-refractivity contribution in [2.24, 2.45) is 5.92 Å². The van der Waals surface area contributed by atoms with Gasteiger partial charge in [-0.05, 0) is 12.5 Å². The Kier molecular flexibility index (Phi) is 5.56. The van der Waals surface area contributed by atoms with Gasteiger partial charge < -0.3 is 15.6 Å². The molecule has 0 saturated carbocycles. The van der Waals surface area contributed by atoms with E-state index in [4.69, 9.17) is 29.1 Å². The van der Waals surface area contributed by atoms with Crippen molar-refractivity contribution in [3.63, 3.8) is 0 Å². The fraction of sp³-hybridized carbons (Fsp3) is 0.643. The summed E-state index contributed by atoms with van der Waals surface area (Å²) in [5.41, 5.74) is 4.30. The summed E-state index contributed by atoms with van der Waals surface area (Å²) in [6.07, 6.45) is -4.40. The Balaban J connectivity index is 1.73. The number of hydrogen-bond acceptors (Lipinski definition) is 9. The third-order valence-electron chi connectivity index (χ3n) is 4.32. The van der Waals surface area contributed by atoms with E-state index in [2.05, 4.69) is 4.98 Å². The van der Waals surface area contributed by atoms with E-state index >= 15 is 0 Å². The van der Waals surface area contributed by atoms with Gasteiger partial charge in [0.15, 0.2) is 6.10 Å². The SMILES string of the molecule is C[C@H](CCO[P@]1(=O)OC[C@H]2O[C@@H](n3ccc(N)nc3=O)C(F)(F)[C@@H]2O1)C(=O)O. The normalized spacial score (nSPS) is 32.6. The zero-order valence-corrected chi connectivity index (χ0v) is 15.5. The number of anilines is 1. The van der Waals surface area contributed by atoms with Gasteiger partial charge in [-0.2, -0.15) is 13.8 Å². The van der Waals surface area contributed by atoms with Gasteiger partial charge in [0.1, 0.15) is 11.9 Å². The van der Waals surface area contributed by atoms with E-state index in [0.717, 1.165) is 12.3 Å². The molecule has 0 bridgehead atoms. The molecule has 3 rings (SSSR count). The smallest absolute Gasteiger partial charge is 0.475 e. The first-order valence-corrected chi connectivity index (χ1v) is 9.68. The number of aliphatic carboxylic acids is 1. The van der Waals surface area contributed by atoms with Crippen LogP contribution in [0, 0.1) is 5.92 Å². The largest absolute Gasteiger partial charge is 0.481 e. The standard InChI is InChI=1S/C14H18F2N3O8P/c1-7(11(20)21)3-5-24-28(23)25-6-8-10(27-28)14(15,16)12(26-8)19-4-2-9(17)18-13(19)22/h2,4,7-8,10,12H,3,5-6H2,1H3,(H,20,21)(H2,17,18,22)/t7-,8-,10-,12-,28-/m1/s1. The minimum Gasteiger partial charge on any atom is -0.481 e. The minimum atomic E-state index is -4.36. The van der Waals surface area contributed by atoms with Crippen LogP contribution in [0.25, 0.3) is 0 Å². The molecular formula is C14H18F2N3O8P. The highest BCUT2D eigenvalue weighted by Gasteiger charge is 2.65. The highest BCUT2D eigenvalue weighted by Crippen LogP contribution is 2.59. The van der Waals surface area contributed by atoms with Crippen molar-refractivity contribution < 1.29 is 41.6 Å². The molecule has 11 nitrogen and oxygen atoms in total. The van der Waals surface area contributed by atoms with Gasteiger partial charge in [-0.3, -0.25) is 22.9 Å². The summed E-state index contributed by atoms with van der Waals surface area (Å²) in [5, 5.41) is 8.81. The van der Waals surface area contributed by atoms with Crippen LogP contribution < -0.4 is 11.4 Å². The lowest BCUT2D eigenvalue weighted by Gasteiger charge is -2.31. The van der Waals surface area contributed by atoms with Crippen LogP contribution in [-0.4, -0.2) is 52.0 Å². The number of nitrogen functional groups attached to an aromatic ring is 1. The molecule has 0 unspecified atom stereocenters. The number of halogens is 2. The molecule has 0 amide bonds. The quantitative estimate of drug-likeness (QED) is 0.632. The van der Waals surface area contributed by atoms with Crippen LogP contribution in [0.2, 0.25) is 0 Å². The summed E-state index contributed by atoms with van der Waals surface area (Å²) >= 11 is 0. The molecular weight excluding hydrogens is 407 g/mol. The van der Waals surface area contributed by atoms with E-state index in [-0.39, 0.29) is 18.8 Å². The first-order valence-electron chi connectivity index (χ1n) is 8.22. The predicted molar refractivity (Wildman–Crippen MR) is 87.6 cm³/mol. The average Bonchev–Trinajstić information content (AvgIpc) is 2.85. The second-order valence-electron chi connectivity index (χ2n) is 6.37. The first-order chi connectivity index (χ1) is 13.0. The number of carboxylic acids is 1. The third-order valence-corrected chi connectivity index (χ3v) is 5.76. The van der Waals surface area contributed by atoms with Crippen LogP contribution in [0.15, 0.2) is 17.1 Å². The molecule has 2 aliphatic heterocycles. The van der Waals surface area contributed by atoms with Crippen LogP contribution >= 0.6 is 7.82 Å². The lowest BCUT2D eigenvalue weighted by Crippen LogP contribution is -2.45. The van der Waals surface area contributed by atoms with Gasteiger partial charge in [0.2, 0.25) is 6.23 Å². The van der Waals surface area contributed by atoms with Gasteiger partial charge in [0, 0.05) is 6.20 Å². The summed E-state index contributed by atoms with van der Waals surface area (Å²) in [4.78, 5) is 26.0. The fourth-order valence-electron chi connectivity index (χ4n) is 2.70. The van der Waals surface area contributed by atoms with Gasteiger partial charge in [0.05, 0.1) is 19.1 Å². The lowest BCUT2D eigenvalue weighted by atomic mass is 10.1. The highest BCUT2D eigenvalue weighted by molar-refractivity contribution is 7.48. The van der Waals surface area contributed by atoms with Crippen LogP contribution in [0.4, 0.5) is 14.6 Å². The average molecular weight is 425 g/mol. The molecule has 5 atom stereocenters. The maximum Gasteiger partial charge on any atom is 0.475 e. The number of rotatable bonds is 6. The molecule has 2 saturated heterocycles. The Morgan fingerprint density at radius 3 is 2.96 bits per heavy atom. The molecule has 3 heterocycles. The molecule has 3 N–H and O–H groups in total. The van der Waals surface area contributed by atoms with E-state index < -0.39 is 56.4 Å². The molecule has 0 radical (unpaired) electrons. The number of carbonyl (C=O) groups is 1. The number of fused-ring (bicyclic) bond motifs is 1. The summed E-state index contributed by atoms with van der Waals surface area (Å²) < 4.78 is 62.6. The maximum absolute atomic E-state index is 14.8. The van der Waals surface area contributed by atoms with Crippen molar-refractivity contribution >= 4 is 19.6 Å². The second-order valence-corrected chi connectivity index (χ2v) is 8.00. The van der Waals surface area contributed by atoms with Crippen molar-refractivity contribution in [3.05, 3.63) is 22.7 Å². The van der Waals surface area contributed by atoms with E-state index in [1.165, 1.54) is 6.92 Å². The van der Waals surface area contributed by atoms with E-state index in [1.807, 2.05) is 0 Å². The van der Waals surface area contributed by atoms with Crippen LogP contribution in [0.1, 0.15) is 19.6 Å². The molecule has 2 aliphatic rings. The van der Waals surface area contributed by atoms with E-state index in [1.54, 1.807) is 0 Å². The number of aromatic nitrogens is 2. The number of nitrogens with zero attached hydrogens (tertiary/aromatic N) is 2. The summed E-state index contributed by atoms with van der Waals surface area (Å²) in [6, 6.07) is 1.15. The van der Waals surface area contributed by atoms with Crippen molar-refractivity contribution in [1.82, 2.24) is 9.55 Å². The van der Waals surface area contributed by atoms with Gasteiger partial charge in [-0.1, -0.05) is 6.92 Å². The summed E-state index contributed by atoms with van der Waals surface area (Å²) in [5.74, 6) is -5.79. The van der Waals surface area contributed by atoms with Crippen molar-refractivity contribution in [2.45, 2.75) is 37.7 Å². The van der Waals surface area contributed by atoms with Gasteiger partial charge in [-0.15, -0.1) is 0 Å². The number of alkyl halides is 2. The van der Waals surface area contributed by atoms with Gasteiger partial charge >= 0.3 is 25.4 Å². The Bertz CT molecular complexity index is 865. The van der Waals surface area contributed by atoms with Crippen LogP contribution in [-0.2, 0) is 27.7 Å². The maximum atomic E-state index is 14.8. The summed E-state index contributed by atoms with van der Waals surface area (Å²) in [7, 11) is -4.36. The van der Waals surface area contributed by atoms with E-state index in [9.17, 15) is 22.9 Å². The minimum absolute atomic E-state index is 0.0256. The molecule has 0 aliphatic carbocycles. The van der Waals surface area contributed by atoms with Crippen LogP contribution in [0.3, 0.4) is 0 Å². The second kappa shape index (κ2) is 7.48. The Morgan fingerprint density at radius 2 is 2.32 bits per heavy atom. The number of ether oxygens (including phenoxy) is 1. The molecule has 2 fully saturated rings. The Hall–Kier alpha value is -1.92. The zero-order valence-electron chi connectivity index (χ0n) is 14.6. The summed E-state index contributed by atoms with van der Waals surface area (Å²) in [6.45, 7) is 0.543. The topological polar surface area (TPSA) is 152 Å². The number of phosphoric ester groups is 1. The van der Waals surface area contributed by atoms with Gasteiger partial charge in [0.25, 0.3) is 0 Å². The lowest BCUT2D eigenvalue weighted by molar-refractivity contribution is -0.142. The van der Waals surface area contributed by atoms with Crippen molar-refractivity contribution in [3.8, 4) is 0 Å².